The third kappa shape index (κ3) is 5.10. The van der Waals surface area contributed by atoms with Gasteiger partial charge in [0.05, 0.1) is 26.9 Å². The maximum atomic E-state index is 12.4. The van der Waals surface area contributed by atoms with Gasteiger partial charge in [0, 0.05) is 11.3 Å². The van der Waals surface area contributed by atoms with Gasteiger partial charge in [0.25, 0.3) is 5.91 Å². The van der Waals surface area contributed by atoms with Gasteiger partial charge in [-0.05, 0) is 38.1 Å². The second-order valence-corrected chi connectivity index (χ2v) is 7.48. The zero-order valence-corrected chi connectivity index (χ0v) is 16.2. The Hall–Kier alpha value is -2.80. The highest BCUT2D eigenvalue weighted by atomic mass is 32.2. The van der Waals surface area contributed by atoms with Crippen molar-refractivity contribution >= 4 is 34.1 Å². The normalized spacial score (nSPS) is 12.7. The van der Waals surface area contributed by atoms with Crippen LogP contribution in [0.3, 0.4) is 0 Å². The topological polar surface area (TPSA) is 89.5 Å². The summed E-state index contributed by atoms with van der Waals surface area (Å²) in [4.78, 5) is 36.8. The van der Waals surface area contributed by atoms with Crippen molar-refractivity contribution < 1.29 is 23.3 Å². The van der Waals surface area contributed by atoms with Gasteiger partial charge in [-0.3, -0.25) is 13.8 Å². The van der Waals surface area contributed by atoms with Crippen LogP contribution in [0.1, 0.15) is 41.5 Å². The van der Waals surface area contributed by atoms with E-state index < -0.39 is 28.8 Å². The van der Waals surface area contributed by atoms with Crippen LogP contribution >= 0.6 is 0 Å². The summed E-state index contributed by atoms with van der Waals surface area (Å²) in [6.45, 7) is 4.59. The smallest absolute Gasteiger partial charge is 0.340 e. The Morgan fingerprint density at radius 1 is 1.04 bits per heavy atom. The number of carbonyl (C=O) groups excluding carboxylic acids is 3. The van der Waals surface area contributed by atoms with Crippen molar-refractivity contribution in [1.29, 1.82) is 0 Å². The molecule has 142 valence electrons. The lowest BCUT2D eigenvalue weighted by molar-refractivity contribution is -0.123. The lowest BCUT2D eigenvalue weighted by Gasteiger charge is -2.16. The van der Waals surface area contributed by atoms with E-state index in [1.165, 1.54) is 19.9 Å². The van der Waals surface area contributed by atoms with Crippen LogP contribution in [0, 0.1) is 0 Å². The second kappa shape index (κ2) is 9.23. The van der Waals surface area contributed by atoms with Crippen LogP contribution in [-0.2, 0) is 20.3 Å². The summed E-state index contributed by atoms with van der Waals surface area (Å²) in [5.74, 6) is -1.12. The van der Waals surface area contributed by atoms with Gasteiger partial charge in [0.15, 0.2) is 11.9 Å². The third-order valence-electron chi connectivity index (χ3n) is 3.83. The monoisotopic (exact) mass is 387 g/mol. The van der Waals surface area contributed by atoms with E-state index in [0.29, 0.717) is 21.9 Å². The first-order chi connectivity index (χ1) is 12.8. The molecule has 0 aliphatic carbocycles. The molecular weight excluding hydrogens is 366 g/mol. The van der Waals surface area contributed by atoms with E-state index in [2.05, 4.69) is 5.32 Å². The molecule has 0 unspecified atom stereocenters. The zero-order valence-electron chi connectivity index (χ0n) is 15.4. The Bertz CT molecular complexity index is 893. The molecule has 1 amide bonds. The quantitative estimate of drug-likeness (QED) is 0.582. The molecule has 2 aromatic rings. The minimum Gasteiger partial charge on any atom is -0.449 e. The molecule has 1 N–H and O–H groups in total. The van der Waals surface area contributed by atoms with Crippen LogP contribution in [0.4, 0.5) is 5.69 Å². The number of rotatable bonds is 7. The molecule has 0 saturated carbocycles. The van der Waals surface area contributed by atoms with Gasteiger partial charge >= 0.3 is 5.97 Å². The average molecular weight is 387 g/mol. The number of hydrogen-bond acceptors (Lipinski definition) is 5. The predicted octanol–water partition coefficient (Wildman–Crippen LogP) is 3.20. The summed E-state index contributed by atoms with van der Waals surface area (Å²) >= 11 is 0. The van der Waals surface area contributed by atoms with Gasteiger partial charge in [0.1, 0.15) is 0 Å². The van der Waals surface area contributed by atoms with Crippen molar-refractivity contribution in [2.75, 3.05) is 11.1 Å². The standard InChI is InChI=1S/C20H21NO5S/c1-4-27(25)18-12-8-6-10-16(18)20(24)26-14(3)19(23)21-17-11-7-5-9-15(17)13(2)22/h5-12,14H,4H2,1-3H3,(H,21,23)/t14-,27-/m1/s1. The van der Waals surface area contributed by atoms with E-state index in [1.807, 2.05) is 0 Å². The lowest BCUT2D eigenvalue weighted by atomic mass is 10.1. The molecule has 2 rings (SSSR count). The van der Waals surface area contributed by atoms with Crippen molar-refractivity contribution in [1.82, 2.24) is 0 Å². The molecule has 0 saturated heterocycles. The molecule has 0 aliphatic heterocycles. The number of benzene rings is 2. The molecule has 0 spiro atoms. The summed E-state index contributed by atoms with van der Waals surface area (Å²) in [6, 6.07) is 13.0. The Balaban J connectivity index is 2.13. The second-order valence-electron chi connectivity index (χ2n) is 5.77. The number of ether oxygens (including phenoxy) is 1. The highest BCUT2D eigenvalue weighted by Crippen LogP contribution is 2.18. The Morgan fingerprint density at radius 3 is 2.26 bits per heavy atom. The summed E-state index contributed by atoms with van der Waals surface area (Å²) in [5, 5.41) is 2.60. The van der Waals surface area contributed by atoms with Crippen LogP contribution in [0.5, 0.6) is 0 Å². The highest BCUT2D eigenvalue weighted by molar-refractivity contribution is 7.85. The van der Waals surface area contributed by atoms with Gasteiger partial charge in [-0.2, -0.15) is 0 Å². The van der Waals surface area contributed by atoms with Crippen LogP contribution in [0.15, 0.2) is 53.4 Å². The molecule has 0 aliphatic rings. The number of nitrogens with one attached hydrogen (secondary N) is 1. The van der Waals surface area contributed by atoms with Crippen molar-refractivity contribution in [3.8, 4) is 0 Å². The molecule has 2 atom stereocenters. The number of esters is 1. The summed E-state index contributed by atoms with van der Waals surface area (Å²) < 4.78 is 17.3. The number of carbonyl (C=O) groups is 3. The van der Waals surface area contributed by atoms with Crippen molar-refractivity contribution in [3.63, 3.8) is 0 Å². The molecule has 27 heavy (non-hydrogen) atoms. The minimum atomic E-state index is -1.33. The summed E-state index contributed by atoms with van der Waals surface area (Å²) in [5.41, 5.74) is 0.889. The summed E-state index contributed by atoms with van der Waals surface area (Å²) in [6.07, 6.45) is -1.10. The fraction of sp³-hybridized carbons (Fsp3) is 0.250. The number of para-hydroxylation sites is 1. The van der Waals surface area contributed by atoms with E-state index in [-0.39, 0.29) is 11.3 Å². The van der Waals surface area contributed by atoms with E-state index >= 15 is 0 Å². The Morgan fingerprint density at radius 2 is 1.63 bits per heavy atom. The van der Waals surface area contributed by atoms with E-state index in [9.17, 15) is 18.6 Å². The lowest BCUT2D eigenvalue weighted by Crippen LogP contribution is -2.30. The average Bonchev–Trinajstić information content (AvgIpc) is 2.67. The molecule has 0 fully saturated rings. The van der Waals surface area contributed by atoms with Crippen molar-refractivity contribution in [3.05, 3.63) is 59.7 Å². The fourth-order valence-corrected chi connectivity index (χ4v) is 3.34. The van der Waals surface area contributed by atoms with Gasteiger partial charge in [-0.1, -0.05) is 31.2 Å². The van der Waals surface area contributed by atoms with Gasteiger partial charge < -0.3 is 10.1 Å². The van der Waals surface area contributed by atoms with E-state index in [4.69, 9.17) is 4.74 Å². The van der Waals surface area contributed by atoms with Gasteiger partial charge in [-0.25, -0.2) is 4.79 Å². The first kappa shape index (κ1) is 20.5. The number of hydrogen-bond donors (Lipinski definition) is 1. The minimum absolute atomic E-state index is 0.168. The number of Topliss-reactive ketones (excluding diaryl/α,β-unsaturated/α-hetero) is 1. The number of amides is 1. The molecule has 2 aromatic carbocycles. The molecule has 6 nitrogen and oxygen atoms in total. The molecule has 0 heterocycles. The molecule has 0 radical (unpaired) electrons. The first-order valence-electron chi connectivity index (χ1n) is 8.44. The molecular formula is C20H21NO5S. The molecule has 7 heteroatoms. The SMILES string of the molecule is CC[S@@](=O)c1ccccc1C(=O)O[C@H](C)C(=O)Nc1ccccc1C(C)=O. The maximum absolute atomic E-state index is 12.4. The van der Waals surface area contributed by atoms with E-state index in [1.54, 1.807) is 49.4 Å². The first-order valence-corrected chi connectivity index (χ1v) is 9.76. The fourth-order valence-electron chi connectivity index (χ4n) is 2.40. The molecule has 0 aromatic heterocycles. The number of ketones is 1. The van der Waals surface area contributed by atoms with Crippen LogP contribution < -0.4 is 5.32 Å². The van der Waals surface area contributed by atoms with Gasteiger partial charge in [0.2, 0.25) is 0 Å². The van der Waals surface area contributed by atoms with Crippen molar-refractivity contribution in [2.45, 2.75) is 31.8 Å². The number of anilines is 1. The van der Waals surface area contributed by atoms with E-state index in [0.717, 1.165) is 0 Å². The molecule has 0 bridgehead atoms. The van der Waals surface area contributed by atoms with Crippen LogP contribution in [0.2, 0.25) is 0 Å². The van der Waals surface area contributed by atoms with Gasteiger partial charge in [-0.15, -0.1) is 0 Å². The third-order valence-corrected chi connectivity index (χ3v) is 5.20. The Labute approximate surface area is 160 Å². The Kier molecular flexibility index (Phi) is 7.01. The highest BCUT2D eigenvalue weighted by Gasteiger charge is 2.23. The van der Waals surface area contributed by atoms with Crippen LogP contribution in [0.25, 0.3) is 0 Å². The maximum Gasteiger partial charge on any atom is 0.340 e. The largest absolute Gasteiger partial charge is 0.449 e. The predicted molar refractivity (Wildman–Crippen MR) is 103 cm³/mol. The van der Waals surface area contributed by atoms with Crippen molar-refractivity contribution in [2.24, 2.45) is 0 Å². The van der Waals surface area contributed by atoms with Crippen LogP contribution in [-0.4, -0.2) is 33.7 Å². The summed E-state index contributed by atoms with van der Waals surface area (Å²) in [7, 11) is -1.33. The zero-order chi connectivity index (χ0) is 20.0.